The lowest BCUT2D eigenvalue weighted by Gasteiger charge is -2.14. The first-order valence-electron chi connectivity index (χ1n) is 7.56. The molecule has 3 heteroatoms. The van der Waals surface area contributed by atoms with Crippen LogP contribution in [-0.2, 0) is 6.42 Å². The predicted octanol–water partition coefficient (Wildman–Crippen LogP) is 3.85. The van der Waals surface area contributed by atoms with E-state index in [1.54, 1.807) is 12.1 Å². The standard InChI is InChI=1S/C19H22FNO/c1-13-4-9-18(14(2)12-13)19(22)15(3)21-11-10-16-5-7-17(20)8-6-16/h4-9,12,15,21H,10-11H2,1-3H3. The van der Waals surface area contributed by atoms with Gasteiger partial charge in [0.2, 0.25) is 0 Å². The second-order valence-corrected chi connectivity index (χ2v) is 5.73. The minimum Gasteiger partial charge on any atom is -0.307 e. The fourth-order valence-corrected chi connectivity index (χ4v) is 2.50. The van der Waals surface area contributed by atoms with Crippen LogP contribution < -0.4 is 5.32 Å². The van der Waals surface area contributed by atoms with Gasteiger partial charge in [-0.2, -0.15) is 0 Å². The summed E-state index contributed by atoms with van der Waals surface area (Å²) in [7, 11) is 0. The third kappa shape index (κ3) is 4.25. The van der Waals surface area contributed by atoms with Crippen LogP contribution in [0.5, 0.6) is 0 Å². The molecule has 0 spiro atoms. The van der Waals surface area contributed by atoms with Gasteiger partial charge in [-0.05, 0) is 57.0 Å². The number of halogens is 1. The average Bonchev–Trinajstić information content (AvgIpc) is 2.48. The van der Waals surface area contributed by atoms with E-state index < -0.39 is 0 Å². The zero-order valence-corrected chi connectivity index (χ0v) is 13.3. The number of hydrogen-bond donors (Lipinski definition) is 1. The molecule has 116 valence electrons. The largest absolute Gasteiger partial charge is 0.307 e. The molecule has 22 heavy (non-hydrogen) atoms. The first-order valence-corrected chi connectivity index (χ1v) is 7.56. The highest BCUT2D eigenvalue weighted by atomic mass is 19.1. The Balaban J connectivity index is 1.90. The van der Waals surface area contributed by atoms with E-state index in [0.29, 0.717) is 6.54 Å². The molecule has 0 saturated heterocycles. The van der Waals surface area contributed by atoms with Crippen molar-refractivity contribution in [2.75, 3.05) is 6.54 Å². The van der Waals surface area contributed by atoms with Gasteiger partial charge in [0.1, 0.15) is 5.82 Å². The highest BCUT2D eigenvalue weighted by Crippen LogP contribution is 2.13. The summed E-state index contributed by atoms with van der Waals surface area (Å²) in [6.07, 6.45) is 0.769. The summed E-state index contributed by atoms with van der Waals surface area (Å²) in [6.45, 7) is 6.55. The summed E-state index contributed by atoms with van der Waals surface area (Å²) < 4.78 is 12.8. The maximum absolute atomic E-state index is 12.8. The van der Waals surface area contributed by atoms with Crippen LogP contribution in [0.2, 0.25) is 0 Å². The van der Waals surface area contributed by atoms with Crippen molar-refractivity contribution >= 4 is 5.78 Å². The second-order valence-electron chi connectivity index (χ2n) is 5.73. The Morgan fingerprint density at radius 1 is 1.14 bits per heavy atom. The van der Waals surface area contributed by atoms with Gasteiger partial charge in [0.05, 0.1) is 6.04 Å². The van der Waals surface area contributed by atoms with Crippen molar-refractivity contribution in [1.29, 1.82) is 0 Å². The monoisotopic (exact) mass is 299 g/mol. The van der Waals surface area contributed by atoms with Crippen molar-refractivity contribution in [2.45, 2.75) is 33.2 Å². The summed E-state index contributed by atoms with van der Waals surface area (Å²) in [4.78, 5) is 12.5. The lowest BCUT2D eigenvalue weighted by atomic mass is 9.98. The summed E-state index contributed by atoms with van der Waals surface area (Å²) >= 11 is 0. The number of rotatable bonds is 6. The van der Waals surface area contributed by atoms with E-state index in [4.69, 9.17) is 0 Å². The SMILES string of the molecule is Cc1ccc(C(=O)C(C)NCCc2ccc(F)cc2)c(C)c1. The Labute approximate surface area is 131 Å². The Bertz CT molecular complexity index is 649. The molecule has 2 rings (SSSR count). The molecule has 0 radical (unpaired) electrons. The van der Waals surface area contributed by atoms with Crippen LogP contribution in [0.3, 0.4) is 0 Å². The maximum atomic E-state index is 12.8. The summed E-state index contributed by atoms with van der Waals surface area (Å²) in [5.41, 5.74) is 4.00. The predicted molar refractivity (Wildman–Crippen MR) is 87.8 cm³/mol. The Morgan fingerprint density at radius 2 is 1.82 bits per heavy atom. The van der Waals surface area contributed by atoms with E-state index in [1.807, 2.05) is 39.0 Å². The van der Waals surface area contributed by atoms with Gasteiger partial charge in [-0.3, -0.25) is 4.79 Å². The molecule has 0 bridgehead atoms. The highest BCUT2D eigenvalue weighted by molar-refractivity contribution is 6.01. The number of nitrogens with one attached hydrogen (secondary N) is 1. The van der Waals surface area contributed by atoms with E-state index in [1.165, 1.54) is 12.1 Å². The van der Waals surface area contributed by atoms with Crippen molar-refractivity contribution in [3.8, 4) is 0 Å². The van der Waals surface area contributed by atoms with Crippen molar-refractivity contribution in [1.82, 2.24) is 5.32 Å². The lowest BCUT2D eigenvalue weighted by molar-refractivity contribution is 0.0951. The van der Waals surface area contributed by atoms with Crippen LogP contribution in [0.4, 0.5) is 4.39 Å². The van der Waals surface area contributed by atoms with Crippen molar-refractivity contribution < 1.29 is 9.18 Å². The number of carbonyl (C=O) groups excluding carboxylic acids is 1. The normalized spacial score (nSPS) is 12.2. The number of ketones is 1. The number of hydrogen-bond acceptors (Lipinski definition) is 2. The van der Waals surface area contributed by atoms with Crippen LogP contribution in [0, 0.1) is 19.7 Å². The van der Waals surface area contributed by atoms with Gasteiger partial charge >= 0.3 is 0 Å². The first kappa shape index (κ1) is 16.4. The number of benzene rings is 2. The Morgan fingerprint density at radius 3 is 2.45 bits per heavy atom. The molecule has 0 aromatic heterocycles. The summed E-state index contributed by atoms with van der Waals surface area (Å²) in [5.74, 6) is -0.119. The minimum atomic E-state index is -0.234. The molecular formula is C19H22FNO. The van der Waals surface area contributed by atoms with Gasteiger partial charge in [-0.1, -0.05) is 35.9 Å². The number of carbonyl (C=O) groups is 1. The van der Waals surface area contributed by atoms with Gasteiger partial charge < -0.3 is 5.32 Å². The third-order valence-corrected chi connectivity index (χ3v) is 3.82. The smallest absolute Gasteiger partial charge is 0.179 e. The summed E-state index contributed by atoms with van der Waals surface area (Å²) in [5, 5.41) is 3.24. The molecule has 0 amide bonds. The second kappa shape index (κ2) is 7.32. The fourth-order valence-electron chi connectivity index (χ4n) is 2.50. The molecule has 0 aliphatic heterocycles. The van der Waals surface area contributed by atoms with Gasteiger partial charge in [-0.15, -0.1) is 0 Å². The molecule has 1 N–H and O–H groups in total. The van der Waals surface area contributed by atoms with E-state index in [2.05, 4.69) is 5.32 Å². The molecular weight excluding hydrogens is 277 g/mol. The van der Waals surface area contributed by atoms with Crippen molar-refractivity contribution in [3.63, 3.8) is 0 Å². The Hall–Kier alpha value is -2.00. The van der Waals surface area contributed by atoms with Crippen LogP contribution in [0.25, 0.3) is 0 Å². The molecule has 0 heterocycles. The number of Topliss-reactive ketones (excluding diaryl/α,β-unsaturated/α-hetero) is 1. The third-order valence-electron chi connectivity index (χ3n) is 3.82. The zero-order valence-electron chi connectivity index (χ0n) is 13.3. The van der Waals surface area contributed by atoms with Crippen LogP contribution in [-0.4, -0.2) is 18.4 Å². The molecule has 0 aliphatic carbocycles. The number of aryl methyl sites for hydroxylation is 2. The average molecular weight is 299 g/mol. The quantitative estimate of drug-likeness (QED) is 0.821. The van der Waals surface area contributed by atoms with E-state index >= 15 is 0 Å². The van der Waals surface area contributed by atoms with Gasteiger partial charge in [-0.25, -0.2) is 4.39 Å². The molecule has 0 fully saturated rings. The molecule has 0 aliphatic rings. The minimum absolute atomic E-state index is 0.108. The topological polar surface area (TPSA) is 29.1 Å². The van der Waals surface area contributed by atoms with Crippen LogP contribution in [0.15, 0.2) is 42.5 Å². The van der Waals surface area contributed by atoms with Gasteiger partial charge in [0.25, 0.3) is 0 Å². The molecule has 2 aromatic carbocycles. The molecule has 2 aromatic rings. The molecule has 2 nitrogen and oxygen atoms in total. The highest BCUT2D eigenvalue weighted by Gasteiger charge is 2.16. The maximum Gasteiger partial charge on any atom is 0.179 e. The molecule has 0 saturated carbocycles. The molecule has 1 unspecified atom stereocenters. The molecule has 1 atom stereocenters. The van der Waals surface area contributed by atoms with Crippen molar-refractivity contribution in [2.24, 2.45) is 0 Å². The van der Waals surface area contributed by atoms with Crippen LogP contribution in [0.1, 0.15) is 34.0 Å². The first-order chi connectivity index (χ1) is 10.5. The van der Waals surface area contributed by atoms with Crippen molar-refractivity contribution in [3.05, 3.63) is 70.5 Å². The van der Waals surface area contributed by atoms with E-state index in [-0.39, 0.29) is 17.6 Å². The summed E-state index contributed by atoms with van der Waals surface area (Å²) in [6, 6.07) is 12.1. The van der Waals surface area contributed by atoms with Gasteiger partial charge in [0, 0.05) is 5.56 Å². The Kier molecular flexibility index (Phi) is 5.45. The lowest BCUT2D eigenvalue weighted by Crippen LogP contribution is -2.35. The van der Waals surface area contributed by atoms with E-state index in [9.17, 15) is 9.18 Å². The fraction of sp³-hybridized carbons (Fsp3) is 0.316. The van der Waals surface area contributed by atoms with Gasteiger partial charge in [0.15, 0.2) is 5.78 Å². The van der Waals surface area contributed by atoms with Crippen LogP contribution >= 0.6 is 0 Å². The zero-order chi connectivity index (χ0) is 16.1. The van der Waals surface area contributed by atoms with E-state index in [0.717, 1.165) is 28.7 Å².